The van der Waals surface area contributed by atoms with Gasteiger partial charge in [0.1, 0.15) is 11.5 Å². The monoisotopic (exact) mass is 320 g/mol. The summed E-state index contributed by atoms with van der Waals surface area (Å²) in [7, 11) is 2.59. The first-order valence-electron chi connectivity index (χ1n) is 6.39. The van der Waals surface area contributed by atoms with Crippen molar-refractivity contribution in [1.82, 2.24) is 0 Å². The Morgan fingerprint density at radius 1 is 1.00 bits per heavy atom. The Morgan fingerprint density at radius 2 is 1.57 bits per heavy atom. The van der Waals surface area contributed by atoms with Crippen molar-refractivity contribution in [2.75, 3.05) is 14.2 Å². The average Bonchev–Trinajstić information content (AvgIpc) is 2.55. The molecule has 7 heteroatoms. The summed E-state index contributed by atoms with van der Waals surface area (Å²) in [6.45, 7) is 6.55. The van der Waals surface area contributed by atoms with Gasteiger partial charge in [-0.05, 0) is 12.1 Å². The lowest BCUT2D eigenvalue weighted by Gasteiger charge is -2.15. The van der Waals surface area contributed by atoms with Crippen molar-refractivity contribution in [2.45, 2.75) is 6.29 Å². The molecule has 0 atom stereocenters. The molecule has 23 heavy (non-hydrogen) atoms. The summed E-state index contributed by atoms with van der Waals surface area (Å²) in [6.07, 6.45) is 0.735. The van der Waals surface area contributed by atoms with Crippen LogP contribution in [-0.2, 0) is 19.1 Å². The molecule has 0 aliphatic rings. The molecule has 0 aromatic heterocycles. The van der Waals surface area contributed by atoms with Crippen LogP contribution in [0, 0.1) is 0 Å². The fourth-order valence-electron chi connectivity index (χ4n) is 1.60. The lowest BCUT2D eigenvalue weighted by atomic mass is 10.1. The Bertz CT molecular complexity index is 629. The van der Waals surface area contributed by atoms with Crippen LogP contribution in [0.1, 0.15) is 10.4 Å². The topological polar surface area (TPSA) is 88.1 Å². The number of esters is 2. The third kappa shape index (κ3) is 4.87. The predicted octanol–water partition coefficient (Wildman–Crippen LogP) is 1.67. The van der Waals surface area contributed by atoms with Gasteiger partial charge in [0.25, 0.3) is 0 Å². The minimum atomic E-state index is -1.17. The van der Waals surface area contributed by atoms with E-state index >= 15 is 0 Å². The van der Waals surface area contributed by atoms with E-state index in [1.165, 1.54) is 32.4 Å². The SMILES string of the molecule is C=CC(=O)Oc1ccc(C(=O)C(OC)OC)c(OC(=O)C=C)c1. The van der Waals surface area contributed by atoms with Crippen molar-refractivity contribution >= 4 is 17.7 Å². The Hall–Kier alpha value is -2.77. The Balaban J connectivity index is 3.24. The first-order valence-corrected chi connectivity index (χ1v) is 6.39. The van der Waals surface area contributed by atoms with Crippen molar-refractivity contribution in [3.05, 3.63) is 49.1 Å². The maximum Gasteiger partial charge on any atom is 0.335 e. The molecule has 0 amide bonds. The zero-order chi connectivity index (χ0) is 17.4. The second kappa shape index (κ2) is 8.62. The third-order valence-electron chi connectivity index (χ3n) is 2.62. The predicted molar refractivity (Wildman–Crippen MR) is 80.2 cm³/mol. The smallest absolute Gasteiger partial charge is 0.335 e. The molecule has 1 aromatic rings. The Kier molecular flexibility index (Phi) is 6.85. The molecule has 0 spiro atoms. The van der Waals surface area contributed by atoms with E-state index in [9.17, 15) is 14.4 Å². The molecule has 1 rings (SSSR count). The van der Waals surface area contributed by atoms with E-state index in [0.717, 1.165) is 12.2 Å². The van der Waals surface area contributed by atoms with Gasteiger partial charge in [0, 0.05) is 32.4 Å². The number of hydrogen-bond donors (Lipinski definition) is 0. The van der Waals surface area contributed by atoms with Gasteiger partial charge in [-0.15, -0.1) is 0 Å². The van der Waals surface area contributed by atoms with Crippen LogP contribution in [0.2, 0.25) is 0 Å². The number of carbonyl (C=O) groups excluding carboxylic acids is 3. The lowest BCUT2D eigenvalue weighted by molar-refractivity contribution is -0.129. The van der Waals surface area contributed by atoms with Crippen LogP contribution in [0.15, 0.2) is 43.5 Å². The van der Waals surface area contributed by atoms with E-state index in [0.29, 0.717) is 0 Å². The van der Waals surface area contributed by atoms with E-state index in [4.69, 9.17) is 18.9 Å². The summed E-state index contributed by atoms with van der Waals surface area (Å²) < 4.78 is 19.7. The number of ether oxygens (including phenoxy) is 4. The fourth-order valence-corrected chi connectivity index (χ4v) is 1.60. The second-order valence-electron chi connectivity index (χ2n) is 4.08. The second-order valence-corrected chi connectivity index (χ2v) is 4.08. The molecule has 0 radical (unpaired) electrons. The highest BCUT2D eigenvalue weighted by atomic mass is 16.7. The van der Waals surface area contributed by atoms with Crippen LogP contribution in [0.5, 0.6) is 11.5 Å². The quantitative estimate of drug-likeness (QED) is 0.237. The van der Waals surface area contributed by atoms with Gasteiger partial charge in [-0.1, -0.05) is 13.2 Å². The van der Waals surface area contributed by atoms with Crippen molar-refractivity contribution < 1.29 is 33.3 Å². The molecule has 122 valence electrons. The number of benzene rings is 1. The van der Waals surface area contributed by atoms with Gasteiger partial charge in [0.2, 0.25) is 12.1 Å². The molecule has 0 saturated carbocycles. The van der Waals surface area contributed by atoms with Gasteiger partial charge >= 0.3 is 11.9 Å². The summed E-state index contributed by atoms with van der Waals surface area (Å²) in [5.74, 6) is -2.09. The van der Waals surface area contributed by atoms with Gasteiger partial charge < -0.3 is 18.9 Å². The van der Waals surface area contributed by atoms with Gasteiger partial charge in [-0.25, -0.2) is 9.59 Å². The molecule has 1 aromatic carbocycles. The molecule has 0 saturated heterocycles. The van der Waals surface area contributed by atoms with Crippen LogP contribution in [0.3, 0.4) is 0 Å². The van der Waals surface area contributed by atoms with Crippen LogP contribution < -0.4 is 9.47 Å². The maximum absolute atomic E-state index is 12.3. The number of ketones is 1. The molecular formula is C16H16O7. The fraction of sp³-hybridized carbons (Fsp3) is 0.188. The highest BCUT2D eigenvalue weighted by Crippen LogP contribution is 2.27. The summed E-state index contributed by atoms with van der Waals surface area (Å²) in [5, 5.41) is 0. The standard InChI is InChI=1S/C16H16O7/c1-5-13(17)22-10-7-8-11(15(19)16(20-3)21-4)12(9-10)23-14(18)6-2/h5-9,16H,1-2H2,3-4H3. The highest BCUT2D eigenvalue weighted by molar-refractivity contribution is 6.02. The molecule has 0 N–H and O–H groups in total. The van der Waals surface area contributed by atoms with Crippen molar-refractivity contribution in [3.8, 4) is 11.5 Å². The van der Waals surface area contributed by atoms with E-state index in [2.05, 4.69) is 13.2 Å². The molecule has 0 aliphatic heterocycles. The normalized spacial score (nSPS) is 10.0. The van der Waals surface area contributed by atoms with Crippen molar-refractivity contribution in [1.29, 1.82) is 0 Å². The largest absolute Gasteiger partial charge is 0.423 e. The molecule has 0 bridgehead atoms. The summed E-state index contributed by atoms with van der Waals surface area (Å²) >= 11 is 0. The third-order valence-corrected chi connectivity index (χ3v) is 2.62. The first kappa shape index (κ1) is 18.3. The molecular weight excluding hydrogens is 304 g/mol. The van der Waals surface area contributed by atoms with Gasteiger partial charge in [0.05, 0.1) is 5.56 Å². The summed E-state index contributed by atoms with van der Waals surface area (Å²) in [5.41, 5.74) is 0.0207. The number of carbonyl (C=O) groups is 3. The van der Waals surface area contributed by atoms with Gasteiger partial charge in [-0.3, -0.25) is 4.79 Å². The Labute approximate surface area is 133 Å². The van der Waals surface area contributed by atoms with Crippen LogP contribution in [0.4, 0.5) is 0 Å². The zero-order valence-electron chi connectivity index (χ0n) is 12.7. The van der Waals surface area contributed by atoms with Crippen LogP contribution in [-0.4, -0.2) is 38.2 Å². The number of methoxy groups -OCH3 is 2. The molecule has 0 heterocycles. The summed E-state index contributed by atoms with van der Waals surface area (Å²) in [4.78, 5) is 34.9. The molecule has 0 aliphatic carbocycles. The number of hydrogen-bond acceptors (Lipinski definition) is 7. The first-order chi connectivity index (χ1) is 11.0. The van der Waals surface area contributed by atoms with E-state index in [1.54, 1.807) is 0 Å². The summed E-state index contributed by atoms with van der Waals surface area (Å²) in [6, 6.07) is 3.91. The van der Waals surface area contributed by atoms with E-state index < -0.39 is 24.0 Å². The minimum Gasteiger partial charge on any atom is -0.423 e. The van der Waals surface area contributed by atoms with Crippen molar-refractivity contribution in [3.63, 3.8) is 0 Å². The van der Waals surface area contributed by atoms with E-state index in [-0.39, 0.29) is 17.1 Å². The molecule has 0 fully saturated rings. The van der Waals surface area contributed by atoms with Gasteiger partial charge in [0.15, 0.2) is 0 Å². The van der Waals surface area contributed by atoms with Crippen LogP contribution in [0.25, 0.3) is 0 Å². The zero-order valence-corrected chi connectivity index (χ0v) is 12.7. The average molecular weight is 320 g/mol. The van der Waals surface area contributed by atoms with Crippen molar-refractivity contribution in [2.24, 2.45) is 0 Å². The maximum atomic E-state index is 12.3. The van der Waals surface area contributed by atoms with E-state index in [1.807, 2.05) is 0 Å². The van der Waals surface area contributed by atoms with Gasteiger partial charge in [-0.2, -0.15) is 0 Å². The Morgan fingerprint density at radius 3 is 2.09 bits per heavy atom. The lowest BCUT2D eigenvalue weighted by Crippen LogP contribution is -2.25. The van der Waals surface area contributed by atoms with Crippen LogP contribution >= 0.6 is 0 Å². The molecule has 0 unspecified atom stereocenters. The minimum absolute atomic E-state index is 0.0207. The highest BCUT2D eigenvalue weighted by Gasteiger charge is 2.24. The number of Topliss-reactive ketones (excluding diaryl/α,β-unsaturated/α-hetero) is 1. The number of rotatable bonds is 8. The molecule has 7 nitrogen and oxygen atoms in total.